The number of nitrogen functional groups attached to an aromatic ring is 1. The molecule has 1 heterocycles. The van der Waals surface area contributed by atoms with E-state index >= 15 is 0 Å². The highest BCUT2D eigenvalue weighted by Crippen LogP contribution is 2.34. The van der Waals surface area contributed by atoms with Gasteiger partial charge in [0.25, 0.3) is 11.8 Å². The van der Waals surface area contributed by atoms with Crippen molar-refractivity contribution in [3.05, 3.63) is 65.7 Å². The number of hydrogen-bond acceptors (Lipinski definition) is 9. The molecule has 0 radical (unpaired) electrons. The summed E-state index contributed by atoms with van der Waals surface area (Å²) in [7, 11) is 3.61. The number of carbonyl (C=O) groups is 1. The molecule has 3 aromatic rings. The molecule has 190 valence electrons. The van der Waals surface area contributed by atoms with Crippen LogP contribution in [0.5, 0.6) is 29.0 Å². The second kappa shape index (κ2) is 11.2. The molecule has 0 spiro atoms. The Morgan fingerprint density at radius 2 is 1.83 bits per heavy atom. The molecule has 1 atom stereocenters. The highest BCUT2D eigenvalue weighted by molar-refractivity contribution is 5.95. The number of pyridine rings is 1. The Labute approximate surface area is 205 Å². The van der Waals surface area contributed by atoms with Gasteiger partial charge in [-0.2, -0.15) is 4.98 Å². The number of carbonyl (C=O) groups excluding carboxylic acids is 1. The van der Waals surface area contributed by atoms with Crippen molar-refractivity contribution in [2.75, 3.05) is 25.6 Å². The first-order chi connectivity index (χ1) is 17.1. The van der Waals surface area contributed by atoms with Crippen molar-refractivity contribution >= 4 is 17.5 Å². The normalized spacial score (nSPS) is 11.4. The lowest BCUT2D eigenvalue weighted by atomic mass is 10.2. The van der Waals surface area contributed by atoms with Crippen molar-refractivity contribution in [3.63, 3.8) is 0 Å². The van der Waals surface area contributed by atoms with Crippen molar-refractivity contribution in [1.82, 2.24) is 4.98 Å². The third-order valence-electron chi connectivity index (χ3n) is 4.62. The maximum Gasteiger partial charge on any atom is 0.389 e. The molecular weight excluding hydrogens is 478 g/mol. The standard InChI is InChI=1S/C24H24F2N4O6/c1-4-33-23(32)24(34-15-7-5-6-14(11-15)30(2)3)36-22-17(26)12-16(25)21(29-22)35-19-10-13(20(27)28)8-9-18(19)31/h5-12,24,31H,4H2,1-3H3,(H3,27,28). The number of hydrogen-bond donors (Lipinski definition) is 3. The van der Waals surface area contributed by atoms with Crippen LogP contribution in [0, 0.1) is 17.0 Å². The smallest absolute Gasteiger partial charge is 0.389 e. The maximum atomic E-state index is 14.5. The second-order valence-corrected chi connectivity index (χ2v) is 7.47. The molecule has 0 aliphatic heterocycles. The number of halogens is 2. The van der Waals surface area contributed by atoms with Crippen molar-refractivity contribution < 1.29 is 37.6 Å². The van der Waals surface area contributed by atoms with Crippen LogP contribution in [0.3, 0.4) is 0 Å². The van der Waals surface area contributed by atoms with Crippen molar-refractivity contribution in [1.29, 1.82) is 5.41 Å². The van der Waals surface area contributed by atoms with E-state index in [0.29, 0.717) is 6.07 Å². The fourth-order valence-electron chi connectivity index (χ4n) is 2.85. The number of aromatic nitrogens is 1. The van der Waals surface area contributed by atoms with Crippen LogP contribution in [-0.2, 0) is 9.53 Å². The van der Waals surface area contributed by atoms with E-state index in [1.807, 2.05) is 14.1 Å². The summed E-state index contributed by atoms with van der Waals surface area (Å²) in [5, 5.41) is 17.5. The van der Waals surface area contributed by atoms with E-state index in [4.69, 9.17) is 30.1 Å². The van der Waals surface area contributed by atoms with Gasteiger partial charge in [0.1, 0.15) is 11.6 Å². The van der Waals surface area contributed by atoms with E-state index in [1.54, 1.807) is 36.1 Å². The predicted octanol–water partition coefficient (Wildman–Crippen LogP) is 3.55. The van der Waals surface area contributed by atoms with Crippen LogP contribution >= 0.6 is 0 Å². The number of rotatable bonds is 10. The average molecular weight is 502 g/mol. The number of anilines is 1. The molecule has 0 saturated carbocycles. The van der Waals surface area contributed by atoms with E-state index in [-0.39, 0.29) is 29.5 Å². The molecule has 0 aliphatic rings. The number of benzene rings is 2. The molecular formula is C24H24F2N4O6. The number of amidine groups is 1. The lowest BCUT2D eigenvalue weighted by Gasteiger charge is -2.20. The van der Waals surface area contributed by atoms with Crippen LogP contribution in [0.1, 0.15) is 12.5 Å². The highest BCUT2D eigenvalue weighted by atomic mass is 19.1. The van der Waals surface area contributed by atoms with Crippen LogP contribution in [0.4, 0.5) is 14.5 Å². The summed E-state index contributed by atoms with van der Waals surface area (Å²) in [6.07, 6.45) is -1.79. The fraction of sp³-hybridized carbons (Fsp3) is 0.208. The summed E-state index contributed by atoms with van der Waals surface area (Å²) in [5.74, 6) is -5.89. The first-order valence-electron chi connectivity index (χ1n) is 10.6. The second-order valence-electron chi connectivity index (χ2n) is 7.47. The molecule has 1 aromatic heterocycles. The van der Waals surface area contributed by atoms with Crippen molar-refractivity contribution in [2.24, 2.45) is 5.73 Å². The third kappa shape index (κ3) is 6.29. The van der Waals surface area contributed by atoms with Crippen molar-refractivity contribution in [3.8, 4) is 29.0 Å². The largest absolute Gasteiger partial charge is 0.504 e. The summed E-state index contributed by atoms with van der Waals surface area (Å²) in [5.41, 5.74) is 6.36. The third-order valence-corrected chi connectivity index (χ3v) is 4.62. The van der Waals surface area contributed by atoms with Crippen LogP contribution < -0.4 is 24.8 Å². The van der Waals surface area contributed by atoms with Gasteiger partial charge in [-0.1, -0.05) is 6.07 Å². The van der Waals surface area contributed by atoms with Gasteiger partial charge in [0, 0.05) is 37.5 Å². The SMILES string of the molecule is CCOC(=O)C(Oc1cccc(N(C)C)c1)Oc1nc(Oc2cc(C(=N)N)ccc2O)c(F)cc1F. The highest BCUT2D eigenvalue weighted by Gasteiger charge is 2.28. The van der Waals surface area contributed by atoms with E-state index in [2.05, 4.69) is 4.98 Å². The Kier molecular flexibility index (Phi) is 8.10. The van der Waals surface area contributed by atoms with Gasteiger partial charge in [0.15, 0.2) is 23.1 Å². The maximum absolute atomic E-state index is 14.5. The molecule has 1 unspecified atom stereocenters. The molecule has 0 bridgehead atoms. The number of nitrogens with zero attached hydrogens (tertiary/aromatic N) is 2. The van der Waals surface area contributed by atoms with Crippen LogP contribution in [0.25, 0.3) is 0 Å². The van der Waals surface area contributed by atoms with E-state index in [1.165, 1.54) is 18.2 Å². The van der Waals surface area contributed by atoms with Gasteiger partial charge in [-0.05, 0) is 37.3 Å². The number of phenolic OH excluding ortho intramolecular Hbond substituents is 1. The summed E-state index contributed by atoms with van der Waals surface area (Å²) in [4.78, 5) is 17.9. The molecule has 0 aliphatic carbocycles. The van der Waals surface area contributed by atoms with Gasteiger partial charge in [0.2, 0.25) is 0 Å². The zero-order valence-electron chi connectivity index (χ0n) is 19.6. The number of esters is 1. The Balaban J connectivity index is 1.92. The fourth-order valence-corrected chi connectivity index (χ4v) is 2.85. The number of ether oxygens (including phenoxy) is 4. The average Bonchev–Trinajstić information content (AvgIpc) is 2.83. The summed E-state index contributed by atoms with van der Waals surface area (Å²) in [6.45, 7) is 1.55. The van der Waals surface area contributed by atoms with Gasteiger partial charge >= 0.3 is 12.3 Å². The van der Waals surface area contributed by atoms with Crippen molar-refractivity contribution in [2.45, 2.75) is 13.2 Å². The topological polar surface area (TPSA) is 140 Å². The van der Waals surface area contributed by atoms with Gasteiger partial charge in [-0.25, -0.2) is 13.6 Å². The molecule has 36 heavy (non-hydrogen) atoms. The first-order valence-corrected chi connectivity index (χ1v) is 10.6. The zero-order valence-corrected chi connectivity index (χ0v) is 19.6. The molecule has 0 saturated heterocycles. The molecule has 2 aromatic carbocycles. The van der Waals surface area contributed by atoms with Crippen LogP contribution in [-0.4, -0.2) is 48.9 Å². The van der Waals surface area contributed by atoms with E-state index in [0.717, 1.165) is 5.69 Å². The Morgan fingerprint density at radius 1 is 1.11 bits per heavy atom. The number of phenols is 1. The lowest BCUT2D eigenvalue weighted by molar-refractivity contribution is -0.165. The summed E-state index contributed by atoms with van der Waals surface area (Å²) in [6, 6.07) is 10.8. The number of nitrogens with two attached hydrogens (primary N) is 1. The van der Waals surface area contributed by atoms with Gasteiger partial charge in [-0.3, -0.25) is 5.41 Å². The number of aromatic hydroxyl groups is 1. The van der Waals surface area contributed by atoms with Gasteiger partial charge in [0.05, 0.1) is 6.61 Å². The molecule has 10 nitrogen and oxygen atoms in total. The molecule has 3 rings (SSSR count). The minimum Gasteiger partial charge on any atom is -0.504 e. The Bertz CT molecular complexity index is 1270. The Morgan fingerprint density at radius 3 is 2.50 bits per heavy atom. The van der Waals surface area contributed by atoms with Gasteiger partial charge in [-0.15, -0.1) is 0 Å². The monoisotopic (exact) mass is 502 g/mol. The summed E-state index contributed by atoms with van der Waals surface area (Å²) < 4.78 is 50.1. The minimum atomic E-state index is -1.79. The predicted molar refractivity (Wildman–Crippen MR) is 126 cm³/mol. The quantitative estimate of drug-likeness (QED) is 0.164. The van der Waals surface area contributed by atoms with Gasteiger partial charge < -0.3 is 34.7 Å². The first kappa shape index (κ1) is 26.0. The molecule has 0 amide bonds. The van der Waals surface area contributed by atoms with Crippen LogP contribution in [0.15, 0.2) is 48.5 Å². The molecule has 0 fully saturated rings. The number of nitrogens with one attached hydrogen (secondary N) is 1. The molecule has 4 N–H and O–H groups in total. The van der Waals surface area contributed by atoms with E-state index < -0.39 is 41.4 Å². The van der Waals surface area contributed by atoms with E-state index in [9.17, 15) is 18.7 Å². The minimum absolute atomic E-state index is 0.0146. The summed E-state index contributed by atoms with van der Waals surface area (Å²) >= 11 is 0. The Hall–Kier alpha value is -4.61. The van der Waals surface area contributed by atoms with Crippen LogP contribution in [0.2, 0.25) is 0 Å². The lowest BCUT2D eigenvalue weighted by Crippen LogP contribution is -2.35. The zero-order chi connectivity index (χ0) is 26.4. The molecule has 12 heteroatoms.